The Morgan fingerprint density at radius 1 is 1.15 bits per heavy atom. The van der Waals surface area contributed by atoms with Crippen LogP contribution in [0.5, 0.6) is 0 Å². The monoisotopic (exact) mass is 579 g/mol. The Bertz CT molecular complexity index is 1380. The number of amides is 3. The van der Waals surface area contributed by atoms with Gasteiger partial charge in [-0.15, -0.1) is 0 Å². The van der Waals surface area contributed by atoms with E-state index in [2.05, 4.69) is 0 Å². The highest BCUT2D eigenvalue weighted by molar-refractivity contribution is 6.72. The molecule has 41 heavy (non-hydrogen) atoms. The molecule has 0 bridgehead atoms. The summed E-state index contributed by atoms with van der Waals surface area (Å²) in [7, 11) is -3.40. The van der Waals surface area contributed by atoms with Gasteiger partial charge in [0.2, 0.25) is 20.2 Å². The van der Waals surface area contributed by atoms with Crippen molar-refractivity contribution in [2.45, 2.75) is 75.5 Å². The third kappa shape index (κ3) is 4.51. The highest BCUT2D eigenvalue weighted by Crippen LogP contribution is 2.60. The van der Waals surface area contributed by atoms with Crippen molar-refractivity contribution in [1.82, 2.24) is 4.90 Å². The van der Waals surface area contributed by atoms with Gasteiger partial charge in [0.1, 0.15) is 0 Å². The highest BCUT2D eigenvalue weighted by atomic mass is 28.4. The molecule has 218 valence electrons. The molecule has 10 heteroatoms. The van der Waals surface area contributed by atoms with Crippen LogP contribution in [0.25, 0.3) is 0 Å². The number of anilines is 2. The van der Waals surface area contributed by atoms with Crippen LogP contribution in [-0.2, 0) is 31.3 Å². The molecule has 1 spiro atoms. The molecule has 3 fully saturated rings. The minimum atomic E-state index is -3.40. The number of aliphatic hydroxyl groups is 1. The Hall–Kier alpha value is -3.08. The van der Waals surface area contributed by atoms with Gasteiger partial charge in [0, 0.05) is 42.2 Å². The molecule has 4 aliphatic heterocycles. The third-order valence-corrected chi connectivity index (χ3v) is 12.0. The lowest BCUT2D eigenvalue weighted by molar-refractivity contribution is -0.150. The van der Waals surface area contributed by atoms with Gasteiger partial charge in [-0.05, 0) is 49.7 Å². The second kappa shape index (κ2) is 10.3. The van der Waals surface area contributed by atoms with Crippen LogP contribution in [0.3, 0.4) is 0 Å². The number of likely N-dealkylation sites (tertiary alicyclic amines) is 1. The number of β-lactam (4-membered cyclic amide) rings is 1. The maximum absolute atomic E-state index is 16.1. The molecule has 0 unspecified atom stereocenters. The Morgan fingerprint density at radius 3 is 2.61 bits per heavy atom. The van der Waals surface area contributed by atoms with E-state index < -0.39 is 31.6 Å². The fourth-order valence-corrected chi connectivity index (χ4v) is 10.1. The molecule has 4 aliphatic rings. The molecule has 5 atom stereocenters. The normalized spacial score (nSPS) is 29.4. The number of nitrogens with zero attached hydrogens (tertiary/aromatic N) is 3. The third-order valence-electron chi connectivity index (χ3n) is 9.57. The van der Waals surface area contributed by atoms with E-state index in [9.17, 15) is 19.5 Å². The van der Waals surface area contributed by atoms with Crippen LogP contribution in [0.4, 0.5) is 15.5 Å². The number of halogens is 1. The number of hydrogen-bond donors (Lipinski definition) is 1. The first-order valence-corrected chi connectivity index (χ1v) is 17.6. The summed E-state index contributed by atoms with van der Waals surface area (Å²) in [6.07, 6.45) is 1.34. The maximum Gasteiger partial charge on any atom is 0.264 e. The molecule has 2 aromatic rings. The van der Waals surface area contributed by atoms with Crippen molar-refractivity contribution in [3.8, 4) is 0 Å². The number of benzene rings is 2. The molecule has 0 aliphatic carbocycles. The zero-order chi connectivity index (χ0) is 29.1. The van der Waals surface area contributed by atoms with Crippen LogP contribution < -0.4 is 9.80 Å². The van der Waals surface area contributed by atoms with Crippen molar-refractivity contribution < 1.29 is 28.3 Å². The van der Waals surface area contributed by atoms with E-state index in [1.165, 1.54) is 0 Å². The molecule has 0 saturated carbocycles. The topological polar surface area (TPSA) is 90.4 Å². The number of ether oxygens (including phenoxy) is 1. The second-order valence-electron chi connectivity index (χ2n) is 12.4. The fraction of sp³-hybridized carbons (Fsp3) is 0.516. The summed E-state index contributed by atoms with van der Waals surface area (Å²) in [5, 5.41) is 9.76. The van der Waals surface area contributed by atoms with E-state index in [4.69, 9.17) is 4.74 Å². The minimum absolute atomic E-state index is 0.0189. The Morgan fingerprint density at radius 2 is 1.93 bits per heavy atom. The highest BCUT2D eigenvalue weighted by Gasteiger charge is 2.67. The van der Waals surface area contributed by atoms with Crippen LogP contribution >= 0.6 is 0 Å². The molecule has 0 aromatic heterocycles. The van der Waals surface area contributed by atoms with Gasteiger partial charge < -0.3 is 28.7 Å². The molecule has 1 N–H and O–H groups in total. The smallest absolute Gasteiger partial charge is 0.264 e. The van der Waals surface area contributed by atoms with Gasteiger partial charge >= 0.3 is 0 Å². The van der Waals surface area contributed by atoms with Gasteiger partial charge in [0.05, 0.1) is 37.4 Å². The fourth-order valence-electron chi connectivity index (χ4n) is 7.59. The maximum atomic E-state index is 16.1. The SMILES string of the molecule is C[C@H]1[C@H]([Si](C)(C)F)[C@@H](CC(=O)N2CCC[C@H]2CO)O[C@]12C(=O)N(Cc1cccc(N3CCC3=O)c1)c1ccccc12. The largest absolute Gasteiger partial charge is 0.394 e. The number of hydrogen-bond acceptors (Lipinski definition) is 5. The van der Waals surface area contributed by atoms with E-state index in [1.54, 1.807) is 27.8 Å². The second-order valence-corrected chi connectivity index (χ2v) is 16.2. The van der Waals surface area contributed by atoms with Crippen molar-refractivity contribution in [2.75, 3.05) is 29.5 Å². The van der Waals surface area contributed by atoms with E-state index in [-0.39, 0.29) is 43.3 Å². The Labute approximate surface area is 241 Å². The number of rotatable bonds is 7. The summed E-state index contributed by atoms with van der Waals surface area (Å²) in [6, 6.07) is 14.9. The Balaban J connectivity index is 1.33. The van der Waals surface area contributed by atoms with Crippen LogP contribution in [-0.4, -0.2) is 68.0 Å². The van der Waals surface area contributed by atoms with Crippen molar-refractivity contribution in [3.05, 3.63) is 59.7 Å². The van der Waals surface area contributed by atoms with Gasteiger partial charge in [-0.2, -0.15) is 0 Å². The van der Waals surface area contributed by atoms with Crippen LogP contribution in [0.2, 0.25) is 18.6 Å². The molecule has 2 aromatic carbocycles. The molecular formula is C31H38FN3O5Si. The summed E-state index contributed by atoms with van der Waals surface area (Å²) < 4.78 is 22.8. The standard InChI is InChI=1S/C31H38FN3O5Si/c1-20-29(41(2,3)32)26(17-28(38)33-14-7-10-23(33)19-36)40-31(20)24-11-4-5-12-25(24)35(30(31)39)18-21-8-6-9-22(16-21)34-15-13-27(34)37/h4-6,8-9,11-12,16,20,23,26,29,36H,7,10,13-15,17-19H2,1-3H3/t20-,23-,26+,29-,31+/m0/s1. The Kier molecular flexibility index (Phi) is 7.06. The lowest BCUT2D eigenvalue weighted by atomic mass is 9.82. The van der Waals surface area contributed by atoms with Crippen molar-refractivity contribution in [3.63, 3.8) is 0 Å². The summed E-state index contributed by atoms with van der Waals surface area (Å²) in [6.45, 7) is 6.58. The predicted octanol–water partition coefficient (Wildman–Crippen LogP) is 4.12. The van der Waals surface area contributed by atoms with Gasteiger partial charge in [0.15, 0.2) is 5.60 Å². The van der Waals surface area contributed by atoms with Crippen LogP contribution in [0.1, 0.15) is 43.7 Å². The van der Waals surface area contributed by atoms with Gasteiger partial charge in [-0.25, -0.2) is 0 Å². The van der Waals surface area contributed by atoms with Crippen LogP contribution in [0, 0.1) is 5.92 Å². The molecule has 6 rings (SSSR count). The molecule has 0 radical (unpaired) electrons. The summed E-state index contributed by atoms with van der Waals surface area (Å²) in [5.74, 6) is -0.806. The molecule has 4 heterocycles. The molecule has 8 nitrogen and oxygen atoms in total. The molecule has 3 amide bonds. The number of aliphatic hydroxyl groups excluding tert-OH is 1. The van der Waals surface area contributed by atoms with Crippen LogP contribution in [0.15, 0.2) is 48.5 Å². The predicted molar refractivity (Wildman–Crippen MR) is 156 cm³/mol. The summed E-state index contributed by atoms with van der Waals surface area (Å²) >= 11 is 0. The first-order valence-electron chi connectivity index (χ1n) is 14.6. The van der Waals surface area contributed by atoms with E-state index in [0.717, 1.165) is 29.8 Å². The number of para-hydroxylation sites is 1. The zero-order valence-electron chi connectivity index (χ0n) is 23.9. The number of carbonyl (C=O) groups excluding carboxylic acids is 3. The first-order chi connectivity index (χ1) is 19.6. The van der Waals surface area contributed by atoms with Crippen molar-refractivity contribution in [2.24, 2.45) is 5.92 Å². The average molecular weight is 580 g/mol. The average Bonchev–Trinajstić information content (AvgIpc) is 3.59. The summed E-state index contributed by atoms with van der Waals surface area (Å²) in [5.41, 5.74) is 1.15. The number of fused-ring (bicyclic) bond motifs is 2. The lowest BCUT2D eigenvalue weighted by Gasteiger charge is -2.32. The zero-order valence-corrected chi connectivity index (χ0v) is 24.9. The summed E-state index contributed by atoms with van der Waals surface area (Å²) in [4.78, 5) is 45.1. The van der Waals surface area contributed by atoms with Gasteiger partial charge in [-0.3, -0.25) is 14.4 Å². The van der Waals surface area contributed by atoms with Gasteiger partial charge in [0.25, 0.3) is 5.91 Å². The molecule has 3 saturated heterocycles. The van der Waals surface area contributed by atoms with E-state index in [1.807, 2.05) is 55.5 Å². The van der Waals surface area contributed by atoms with E-state index in [0.29, 0.717) is 25.1 Å². The van der Waals surface area contributed by atoms with Gasteiger partial charge in [-0.1, -0.05) is 37.3 Å². The van der Waals surface area contributed by atoms with Crippen molar-refractivity contribution >= 4 is 37.5 Å². The lowest BCUT2D eigenvalue weighted by Crippen LogP contribution is -2.45. The minimum Gasteiger partial charge on any atom is -0.394 e. The molecular weight excluding hydrogens is 541 g/mol. The van der Waals surface area contributed by atoms with Crippen molar-refractivity contribution in [1.29, 1.82) is 0 Å². The quantitative estimate of drug-likeness (QED) is 0.303. The van der Waals surface area contributed by atoms with E-state index >= 15 is 4.11 Å². The number of carbonyl (C=O) groups is 3. The first kappa shape index (κ1) is 28.1.